The summed E-state index contributed by atoms with van der Waals surface area (Å²) < 4.78 is 5.32. The van der Waals surface area contributed by atoms with Crippen LogP contribution in [0.25, 0.3) is 17.0 Å². The summed E-state index contributed by atoms with van der Waals surface area (Å²) in [6.07, 6.45) is 4.91. The zero-order valence-electron chi connectivity index (χ0n) is 15.1. The van der Waals surface area contributed by atoms with E-state index in [0.717, 1.165) is 24.0 Å². The average Bonchev–Trinajstić information content (AvgIpc) is 3.41. The minimum Gasteiger partial charge on any atom is -0.404 e. The van der Waals surface area contributed by atoms with Crippen molar-refractivity contribution in [2.45, 2.75) is 25.7 Å². The first-order valence-corrected chi connectivity index (χ1v) is 9.22. The number of carbonyl (C=O) groups excluding carboxylic acids is 1. The highest BCUT2D eigenvalue weighted by atomic mass is 35.5. The Bertz CT molecular complexity index is 1070. The van der Waals surface area contributed by atoms with Gasteiger partial charge in [-0.3, -0.25) is 9.78 Å². The number of amides is 1. The average molecular weight is 396 g/mol. The van der Waals surface area contributed by atoms with Crippen LogP contribution < -0.4 is 11.1 Å². The summed E-state index contributed by atoms with van der Waals surface area (Å²) in [5.41, 5.74) is 8.56. The topological polar surface area (TPSA) is 107 Å². The number of pyridine rings is 1. The first-order valence-electron chi connectivity index (χ1n) is 8.85. The van der Waals surface area contributed by atoms with Crippen LogP contribution >= 0.6 is 11.6 Å². The van der Waals surface area contributed by atoms with Crippen molar-refractivity contribution in [1.29, 1.82) is 0 Å². The third kappa shape index (κ3) is 3.75. The molecular weight excluding hydrogens is 378 g/mol. The molecule has 1 saturated carbocycles. The number of halogens is 1. The fourth-order valence-corrected chi connectivity index (χ4v) is 2.92. The molecule has 142 valence electrons. The molecule has 1 amide bonds. The van der Waals surface area contributed by atoms with Gasteiger partial charge in [0, 0.05) is 34.6 Å². The zero-order chi connectivity index (χ0) is 19.7. The summed E-state index contributed by atoms with van der Waals surface area (Å²) in [5.74, 6) is 1.17. The van der Waals surface area contributed by atoms with E-state index in [1.54, 1.807) is 12.1 Å². The molecule has 8 heteroatoms. The van der Waals surface area contributed by atoms with Crippen molar-refractivity contribution in [2.24, 2.45) is 5.73 Å². The van der Waals surface area contributed by atoms with E-state index in [1.165, 1.54) is 12.4 Å². The van der Waals surface area contributed by atoms with Crippen molar-refractivity contribution in [1.82, 2.24) is 15.1 Å². The van der Waals surface area contributed by atoms with E-state index in [9.17, 15) is 4.79 Å². The highest BCUT2D eigenvalue weighted by Gasteiger charge is 2.29. The Balaban J connectivity index is 1.58. The lowest BCUT2D eigenvalue weighted by Gasteiger charge is -2.11. The summed E-state index contributed by atoms with van der Waals surface area (Å²) in [4.78, 5) is 21.4. The van der Waals surface area contributed by atoms with E-state index in [0.29, 0.717) is 34.0 Å². The summed E-state index contributed by atoms with van der Waals surface area (Å²) in [5, 5.41) is 7.40. The standard InChI is InChI=1S/C20H18ClN5O2/c1-11-2-3-13(18-25-20(28-26-18)12-4-5-12)8-16(11)24-19(27)15(10-22)17-9-14(21)6-7-23-17/h2-3,6-10,12H,4-5,22H2,1H3,(H,24,27)/b15-10+. The molecule has 0 bridgehead atoms. The number of nitrogens with zero attached hydrogens (tertiary/aromatic N) is 3. The molecule has 0 radical (unpaired) electrons. The number of anilines is 1. The third-order valence-electron chi connectivity index (χ3n) is 4.52. The Morgan fingerprint density at radius 2 is 2.14 bits per heavy atom. The summed E-state index contributed by atoms with van der Waals surface area (Å²) >= 11 is 5.99. The maximum atomic E-state index is 12.8. The summed E-state index contributed by atoms with van der Waals surface area (Å²) in [6, 6.07) is 8.81. The summed E-state index contributed by atoms with van der Waals surface area (Å²) in [6.45, 7) is 1.90. The van der Waals surface area contributed by atoms with Crippen LogP contribution in [0, 0.1) is 6.92 Å². The Hall–Kier alpha value is -3.19. The Morgan fingerprint density at radius 3 is 2.86 bits per heavy atom. The van der Waals surface area contributed by atoms with E-state index < -0.39 is 0 Å². The molecule has 1 aromatic carbocycles. The lowest BCUT2D eigenvalue weighted by atomic mass is 10.1. The minimum absolute atomic E-state index is 0.225. The first-order chi connectivity index (χ1) is 13.5. The van der Waals surface area contributed by atoms with E-state index in [2.05, 4.69) is 20.4 Å². The number of aromatic nitrogens is 3. The monoisotopic (exact) mass is 395 g/mol. The van der Waals surface area contributed by atoms with Gasteiger partial charge in [0.2, 0.25) is 11.7 Å². The smallest absolute Gasteiger partial charge is 0.259 e. The normalized spacial score (nSPS) is 14.1. The SMILES string of the molecule is Cc1ccc(-c2noc(C3CC3)n2)cc1NC(=O)/C(=C/N)c1cc(Cl)ccn1. The Morgan fingerprint density at radius 1 is 1.32 bits per heavy atom. The van der Waals surface area contributed by atoms with E-state index in [1.807, 2.05) is 25.1 Å². The minimum atomic E-state index is -0.385. The summed E-state index contributed by atoms with van der Waals surface area (Å²) in [7, 11) is 0. The van der Waals surface area contributed by atoms with Crippen LogP contribution in [-0.4, -0.2) is 21.0 Å². The number of aryl methyl sites for hydroxylation is 1. The van der Waals surface area contributed by atoms with Gasteiger partial charge < -0.3 is 15.6 Å². The number of hydrogen-bond donors (Lipinski definition) is 2. The van der Waals surface area contributed by atoms with Crippen LogP contribution in [0.2, 0.25) is 5.02 Å². The highest BCUT2D eigenvalue weighted by molar-refractivity contribution is 6.31. The molecule has 2 heterocycles. The van der Waals surface area contributed by atoms with Crippen LogP contribution in [-0.2, 0) is 4.79 Å². The molecule has 0 aliphatic heterocycles. The Labute approximate surface area is 166 Å². The molecule has 3 N–H and O–H groups in total. The van der Waals surface area contributed by atoms with E-state index >= 15 is 0 Å². The largest absolute Gasteiger partial charge is 0.404 e. The first kappa shape index (κ1) is 18.2. The molecule has 0 unspecified atom stereocenters. The Kier molecular flexibility index (Phi) is 4.83. The van der Waals surface area contributed by atoms with Gasteiger partial charge in [0.1, 0.15) is 0 Å². The van der Waals surface area contributed by atoms with E-state index in [-0.39, 0.29) is 11.5 Å². The second kappa shape index (κ2) is 7.44. The number of nitrogens with one attached hydrogen (secondary N) is 1. The van der Waals surface area contributed by atoms with Crippen molar-refractivity contribution in [2.75, 3.05) is 5.32 Å². The molecule has 7 nitrogen and oxygen atoms in total. The zero-order valence-corrected chi connectivity index (χ0v) is 15.9. The highest BCUT2D eigenvalue weighted by Crippen LogP contribution is 2.39. The van der Waals surface area contributed by atoms with E-state index in [4.69, 9.17) is 21.9 Å². The molecule has 2 aromatic heterocycles. The number of rotatable bonds is 5. The second-order valence-corrected chi connectivity index (χ2v) is 7.09. The lowest BCUT2D eigenvalue weighted by Crippen LogP contribution is -2.16. The quantitative estimate of drug-likeness (QED) is 0.634. The number of nitrogens with two attached hydrogens (primary N) is 1. The van der Waals surface area contributed by atoms with Crippen LogP contribution in [0.5, 0.6) is 0 Å². The van der Waals surface area contributed by atoms with Gasteiger partial charge in [-0.1, -0.05) is 28.9 Å². The maximum absolute atomic E-state index is 12.8. The fourth-order valence-electron chi connectivity index (χ4n) is 2.76. The van der Waals surface area contributed by atoms with Gasteiger partial charge in [0.25, 0.3) is 5.91 Å². The van der Waals surface area contributed by atoms with Crippen molar-refractivity contribution < 1.29 is 9.32 Å². The second-order valence-electron chi connectivity index (χ2n) is 6.65. The molecule has 0 saturated heterocycles. The number of hydrogen-bond acceptors (Lipinski definition) is 6. The predicted molar refractivity (Wildman–Crippen MR) is 106 cm³/mol. The lowest BCUT2D eigenvalue weighted by molar-refractivity contribution is -0.111. The fraction of sp³-hybridized carbons (Fsp3) is 0.200. The van der Waals surface area contributed by atoms with Gasteiger partial charge in [0.05, 0.1) is 11.3 Å². The van der Waals surface area contributed by atoms with Crippen LogP contribution in [0.4, 0.5) is 5.69 Å². The molecule has 28 heavy (non-hydrogen) atoms. The van der Waals surface area contributed by atoms with Crippen molar-refractivity contribution in [3.05, 3.63) is 64.9 Å². The number of benzene rings is 1. The molecule has 3 aromatic rings. The molecular formula is C20H18ClN5O2. The van der Waals surface area contributed by atoms with Crippen LogP contribution in [0.1, 0.15) is 35.9 Å². The van der Waals surface area contributed by atoms with Gasteiger partial charge >= 0.3 is 0 Å². The van der Waals surface area contributed by atoms with Gasteiger partial charge in [-0.15, -0.1) is 0 Å². The number of carbonyl (C=O) groups is 1. The molecule has 1 aliphatic carbocycles. The van der Waals surface area contributed by atoms with Crippen molar-refractivity contribution >= 4 is 28.8 Å². The van der Waals surface area contributed by atoms with Gasteiger partial charge in [-0.05, 0) is 43.5 Å². The molecule has 0 atom stereocenters. The van der Waals surface area contributed by atoms with Crippen LogP contribution in [0.3, 0.4) is 0 Å². The molecule has 4 rings (SSSR count). The molecule has 1 fully saturated rings. The predicted octanol–water partition coefficient (Wildman–Crippen LogP) is 3.91. The third-order valence-corrected chi connectivity index (χ3v) is 4.76. The van der Waals surface area contributed by atoms with Gasteiger partial charge in [-0.2, -0.15) is 4.98 Å². The molecule has 0 spiro atoms. The van der Waals surface area contributed by atoms with Crippen molar-refractivity contribution in [3.63, 3.8) is 0 Å². The van der Waals surface area contributed by atoms with Gasteiger partial charge in [-0.25, -0.2) is 0 Å². The maximum Gasteiger partial charge on any atom is 0.259 e. The molecule has 1 aliphatic rings. The van der Waals surface area contributed by atoms with Crippen LogP contribution in [0.15, 0.2) is 47.3 Å². The van der Waals surface area contributed by atoms with Gasteiger partial charge in [0.15, 0.2) is 0 Å². The van der Waals surface area contributed by atoms with Crippen molar-refractivity contribution in [3.8, 4) is 11.4 Å².